The van der Waals surface area contributed by atoms with Gasteiger partial charge in [-0.3, -0.25) is 0 Å². The molecule has 2 nitrogen and oxygen atoms in total. The first-order valence-electron chi connectivity index (χ1n) is 6.47. The van der Waals surface area contributed by atoms with Crippen molar-refractivity contribution in [3.05, 3.63) is 18.1 Å². The highest BCUT2D eigenvalue weighted by molar-refractivity contribution is 5.10. The fraction of sp³-hybridized carbons (Fsp3) is 0.786. The van der Waals surface area contributed by atoms with Crippen molar-refractivity contribution in [1.29, 1.82) is 0 Å². The molecule has 2 aliphatic rings. The summed E-state index contributed by atoms with van der Waals surface area (Å²) >= 11 is 0. The van der Waals surface area contributed by atoms with E-state index >= 15 is 0 Å². The van der Waals surface area contributed by atoms with Gasteiger partial charge < -0.3 is 10.2 Å². The highest BCUT2D eigenvalue weighted by Gasteiger charge is 2.51. The second-order valence-corrected chi connectivity index (χ2v) is 5.98. The van der Waals surface area contributed by atoms with Gasteiger partial charge in [0, 0.05) is 19.1 Å². The molecule has 1 atom stereocenters. The number of hydrogen-bond donors (Lipinski definition) is 1. The predicted molar refractivity (Wildman–Crippen MR) is 67.9 cm³/mol. The summed E-state index contributed by atoms with van der Waals surface area (Å²) in [5.41, 5.74) is 3.73. The molecule has 1 N–H and O–H groups in total. The Morgan fingerprint density at radius 3 is 2.69 bits per heavy atom. The SMILES string of the molecule is C=C=C(NCC(C)C)N1CC2(CC2)C[C@@H]1C. The summed E-state index contributed by atoms with van der Waals surface area (Å²) in [6, 6.07) is 0.645. The molecule has 1 spiro atoms. The molecule has 1 aliphatic carbocycles. The Morgan fingerprint density at radius 2 is 2.25 bits per heavy atom. The van der Waals surface area contributed by atoms with Crippen LogP contribution in [0.3, 0.4) is 0 Å². The molecule has 2 rings (SSSR count). The third-order valence-corrected chi connectivity index (χ3v) is 3.86. The van der Waals surface area contributed by atoms with Crippen LogP contribution in [0.4, 0.5) is 0 Å². The molecule has 90 valence electrons. The van der Waals surface area contributed by atoms with E-state index in [0.29, 0.717) is 17.4 Å². The average molecular weight is 220 g/mol. The van der Waals surface area contributed by atoms with Gasteiger partial charge in [-0.15, -0.1) is 0 Å². The van der Waals surface area contributed by atoms with Crippen molar-refractivity contribution >= 4 is 0 Å². The van der Waals surface area contributed by atoms with Crippen molar-refractivity contribution < 1.29 is 0 Å². The molecule has 1 saturated heterocycles. The van der Waals surface area contributed by atoms with E-state index < -0.39 is 0 Å². The molecule has 0 amide bonds. The van der Waals surface area contributed by atoms with Gasteiger partial charge in [-0.05, 0) is 37.5 Å². The number of rotatable bonds is 4. The van der Waals surface area contributed by atoms with Crippen LogP contribution in [0.1, 0.15) is 40.0 Å². The van der Waals surface area contributed by atoms with Crippen LogP contribution in [0, 0.1) is 11.3 Å². The molecular formula is C14H24N2. The van der Waals surface area contributed by atoms with Gasteiger partial charge in [-0.25, -0.2) is 0 Å². The Bertz CT molecular complexity index is 309. The van der Waals surface area contributed by atoms with Crippen LogP contribution in [-0.2, 0) is 0 Å². The molecule has 0 aromatic rings. The van der Waals surface area contributed by atoms with E-state index in [-0.39, 0.29) is 0 Å². The zero-order valence-corrected chi connectivity index (χ0v) is 10.8. The quantitative estimate of drug-likeness (QED) is 0.733. The van der Waals surface area contributed by atoms with Crippen molar-refractivity contribution in [2.75, 3.05) is 13.1 Å². The second kappa shape index (κ2) is 4.18. The highest BCUT2D eigenvalue weighted by atomic mass is 15.3. The Labute approximate surface area is 99.4 Å². The van der Waals surface area contributed by atoms with E-state index in [4.69, 9.17) is 0 Å². The van der Waals surface area contributed by atoms with Gasteiger partial charge in [0.1, 0.15) is 5.82 Å². The van der Waals surface area contributed by atoms with Crippen molar-refractivity contribution in [2.45, 2.75) is 46.1 Å². The first-order valence-corrected chi connectivity index (χ1v) is 6.47. The van der Waals surface area contributed by atoms with Crippen LogP contribution >= 0.6 is 0 Å². The highest BCUT2D eigenvalue weighted by Crippen LogP contribution is 2.55. The summed E-state index contributed by atoms with van der Waals surface area (Å²) in [5, 5.41) is 3.48. The largest absolute Gasteiger partial charge is 0.365 e. The second-order valence-electron chi connectivity index (χ2n) is 5.98. The van der Waals surface area contributed by atoms with Crippen molar-refractivity contribution in [3.8, 4) is 0 Å². The minimum atomic E-state index is 0.645. The lowest BCUT2D eigenvalue weighted by molar-refractivity contribution is 0.305. The number of nitrogens with zero attached hydrogens (tertiary/aromatic N) is 1. The normalized spacial score (nSPS) is 26.0. The zero-order chi connectivity index (χ0) is 11.8. The third-order valence-electron chi connectivity index (χ3n) is 3.86. The van der Waals surface area contributed by atoms with Gasteiger partial charge in [0.05, 0.1) is 0 Å². The van der Waals surface area contributed by atoms with E-state index in [0.717, 1.165) is 12.4 Å². The molecule has 1 saturated carbocycles. The zero-order valence-electron chi connectivity index (χ0n) is 10.8. The number of likely N-dealkylation sites (tertiary alicyclic amines) is 1. The first-order chi connectivity index (χ1) is 7.56. The average Bonchev–Trinajstić information content (AvgIpc) is 2.88. The number of nitrogens with one attached hydrogen (secondary N) is 1. The summed E-state index contributed by atoms with van der Waals surface area (Å²) in [4.78, 5) is 2.46. The maximum atomic E-state index is 3.82. The predicted octanol–water partition coefficient (Wildman–Crippen LogP) is 2.73. The van der Waals surface area contributed by atoms with Gasteiger partial charge in [0.25, 0.3) is 0 Å². The fourth-order valence-corrected chi connectivity index (χ4v) is 2.72. The van der Waals surface area contributed by atoms with E-state index in [1.54, 1.807) is 0 Å². The minimum absolute atomic E-state index is 0.645. The summed E-state index contributed by atoms with van der Waals surface area (Å²) in [7, 11) is 0. The molecule has 0 radical (unpaired) electrons. The lowest BCUT2D eigenvalue weighted by Crippen LogP contribution is -2.35. The minimum Gasteiger partial charge on any atom is -0.365 e. The lowest BCUT2D eigenvalue weighted by atomic mass is 10.0. The van der Waals surface area contributed by atoms with Gasteiger partial charge in [0.2, 0.25) is 0 Å². The monoisotopic (exact) mass is 220 g/mol. The molecule has 16 heavy (non-hydrogen) atoms. The van der Waals surface area contributed by atoms with Crippen LogP contribution < -0.4 is 5.32 Å². The Balaban J connectivity index is 1.97. The van der Waals surface area contributed by atoms with Gasteiger partial charge in [-0.1, -0.05) is 26.2 Å². The molecule has 2 heteroatoms. The molecule has 1 aliphatic heterocycles. The molecule has 0 aromatic carbocycles. The summed E-state index contributed by atoms with van der Waals surface area (Å²) < 4.78 is 0. The fourth-order valence-electron chi connectivity index (χ4n) is 2.72. The molecule has 0 aromatic heterocycles. The standard InChI is InChI=1S/C14H24N2/c1-5-13(15-9-11(2)3)16-10-14(6-7-14)8-12(16)4/h11-12,15H,1,6-10H2,2-4H3/t12-/m0/s1. The van der Waals surface area contributed by atoms with Crippen LogP contribution in [0.25, 0.3) is 0 Å². The molecule has 2 fully saturated rings. The first kappa shape index (κ1) is 11.6. The van der Waals surface area contributed by atoms with Crippen LogP contribution in [0.5, 0.6) is 0 Å². The van der Waals surface area contributed by atoms with Gasteiger partial charge >= 0.3 is 0 Å². The number of hydrogen-bond acceptors (Lipinski definition) is 2. The van der Waals surface area contributed by atoms with Crippen LogP contribution in [-0.4, -0.2) is 24.0 Å². The van der Waals surface area contributed by atoms with E-state index in [9.17, 15) is 0 Å². The smallest absolute Gasteiger partial charge is 0.146 e. The molecule has 1 heterocycles. The topological polar surface area (TPSA) is 15.3 Å². The van der Waals surface area contributed by atoms with E-state index in [1.807, 2.05) is 0 Å². The van der Waals surface area contributed by atoms with Crippen LogP contribution in [0.15, 0.2) is 18.1 Å². The van der Waals surface area contributed by atoms with Crippen molar-refractivity contribution in [2.24, 2.45) is 11.3 Å². The molecular weight excluding hydrogens is 196 g/mol. The summed E-state index contributed by atoms with van der Waals surface area (Å²) in [5.74, 6) is 1.78. The maximum absolute atomic E-state index is 3.82. The third kappa shape index (κ3) is 2.27. The Morgan fingerprint density at radius 1 is 1.56 bits per heavy atom. The summed E-state index contributed by atoms with van der Waals surface area (Å²) in [6.45, 7) is 12.8. The van der Waals surface area contributed by atoms with Gasteiger partial charge in [0.15, 0.2) is 0 Å². The van der Waals surface area contributed by atoms with Gasteiger partial charge in [-0.2, -0.15) is 0 Å². The lowest BCUT2D eigenvalue weighted by Gasteiger charge is -2.26. The van der Waals surface area contributed by atoms with Crippen molar-refractivity contribution in [1.82, 2.24) is 10.2 Å². The van der Waals surface area contributed by atoms with E-state index in [1.165, 1.54) is 25.8 Å². The Kier molecular flexibility index (Phi) is 3.03. The van der Waals surface area contributed by atoms with E-state index in [2.05, 4.69) is 43.3 Å². The summed E-state index contributed by atoms with van der Waals surface area (Å²) in [6.07, 6.45) is 4.19. The Hall–Kier alpha value is -0.880. The molecule has 0 unspecified atom stereocenters. The van der Waals surface area contributed by atoms with Crippen molar-refractivity contribution in [3.63, 3.8) is 0 Å². The molecule has 0 bridgehead atoms. The maximum Gasteiger partial charge on any atom is 0.146 e. The van der Waals surface area contributed by atoms with Crippen LogP contribution in [0.2, 0.25) is 0 Å².